The Morgan fingerprint density at radius 3 is 2.90 bits per heavy atom. The van der Waals surface area contributed by atoms with E-state index in [2.05, 4.69) is 15.5 Å². The lowest BCUT2D eigenvalue weighted by atomic mass is 10.1. The summed E-state index contributed by atoms with van der Waals surface area (Å²) in [7, 11) is 1.54. The molecule has 0 spiro atoms. The average molecular weight is 291 g/mol. The van der Waals surface area contributed by atoms with Crippen molar-refractivity contribution < 1.29 is 9.66 Å². The van der Waals surface area contributed by atoms with Crippen molar-refractivity contribution in [1.29, 1.82) is 0 Å². The molecule has 0 amide bonds. The largest absolute Gasteiger partial charge is 0.496 e. The van der Waals surface area contributed by atoms with Crippen molar-refractivity contribution in [2.24, 2.45) is 0 Å². The van der Waals surface area contributed by atoms with Crippen LogP contribution in [0.4, 0.5) is 5.69 Å². The fourth-order valence-corrected chi connectivity index (χ4v) is 2.01. The first-order chi connectivity index (χ1) is 10.2. The van der Waals surface area contributed by atoms with Crippen LogP contribution in [-0.2, 0) is 19.6 Å². The Kier molecular flexibility index (Phi) is 4.83. The van der Waals surface area contributed by atoms with Gasteiger partial charge >= 0.3 is 0 Å². The highest BCUT2D eigenvalue weighted by molar-refractivity contribution is 5.43. The van der Waals surface area contributed by atoms with Crippen molar-refractivity contribution in [3.05, 3.63) is 46.0 Å². The van der Waals surface area contributed by atoms with Gasteiger partial charge in [-0.15, -0.1) is 10.2 Å². The maximum absolute atomic E-state index is 10.8. The van der Waals surface area contributed by atoms with Gasteiger partial charge in [-0.3, -0.25) is 10.1 Å². The number of hydrogen-bond acceptors (Lipinski definition) is 6. The number of methoxy groups -OCH3 is 1. The molecule has 8 nitrogen and oxygen atoms in total. The summed E-state index contributed by atoms with van der Waals surface area (Å²) in [5.41, 5.74) is 0.776. The van der Waals surface area contributed by atoms with Crippen molar-refractivity contribution in [2.45, 2.75) is 26.6 Å². The summed E-state index contributed by atoms with van der Waals surface area (Å²) < 4.78 is 7.15. The zero-order valence-corrected chi connectivity index (χ0v) is 11.9. The number of non-ortho nitro benzene ring substituents is 1. The summed E-state index contributed by atoms with van der Waals surface area (Å²) in [5.74, 6) is 1.44. The molecule has 1 N–H and O–H groups in total. The summed E-state index contributed by atoms with van der Waals surface area (Å²) in [4.78, 5) is 10.4. The average Bonchev–Trinajstić information content (AvgIpc) is 2.94. The van der Waals surface area contributed by atoms with E-state index in [1.54, 1.807) is 19.5 Å². The van der Waals surface area contributed by atoms with Crippen molar-refractivity contribution >= 4 is 5.69 Å². The van der Waals surface area contributed by atoms with Crippen molar-refractivity contribution in [2.75, 3.05) is 7.11 Å². The van der Waals surface area contributed by atoms with Crippen LogP contribution in [0, 0.1) is 10.1 Å². The van der Waals surface area contributed by atoms with Crippen LogP contribution in [0.2, 0.25) is 0 Å². The second kappa shape index (κ2) is 6.80. The van der Waals surface area contributed by atoms with Crippen LogP contribution in [0.25, 0.3) is 0 Å². The molecule has 0 bridgehead atoms. The van der Waals surface area contributed by atoms with Gasteiger partial charge in [-0.05, 0) is 13.0 Å². The SMILES string of the molecule is CCn1cnnc1CNCc1cc([N+](=O)[O-])ccc1OC. The van der Waals surface area contributed by atoms with E-state index in [4.69, 9.17) is 4.74 Å². The van der Waals surface area contributed by atoms with Gasteiger partial charge in [0.1, 0.15) is 17.9 Å². The smallest absolute Gasteiger partial charge is 0.270 e. The van der Waals surface area contributed by atoms with Gasteiger partial charge in [0, 0.05) is 30.8 Å². The molecule has 0 aliphatic carbocycles. The molecule has 2 aromatic rings. The van der Waals surface area contributed by atoms with Crippen LogP contribution in [0.3, 0.4) is 0 Å². The highest BCUT2D eigenvalue weighted by Crippen LogP contribution is 2.23. The Hall–Kier alpha value is -2.48. The molecular weight excluding hydrogens is 274 g/mol. The van der Waals surface area contributed by atoms with Gasteiger partial charge in [0.15, 0.2) is 0 Å². The lowest BCUT2D eigenvalue weighted by Crippen LogP contribution is -2.17. The second-order valence-corrected chi connectivity index (χ2v) is 4.39. The number of hydrogen-bond donors (Lipinski definition) is 1. The molecule has 0 radical (unpaired) electrons. The van der Waals surface area contributed by atoms with Crippen LogP contribution >= 0.6 is 0 Å². The van der Waals surface area contributed by atoms with E-state index < -0.39 is 4.92 Å². The fraction of sp³-hybridized carbons (Fsp3) is 0.385. The maximum atomic E-state index is 10.8. The molecule has 2 rings (SSSR count). The third-order valence-corrected chi connectivity index (χ3v) is 3.11. The van der Waals surface area contributed by atoms with Gasteiger partial charge in [0.2, 0.25) is 0 Å². The number of ether oxygens (including phenoxy) is 1. The summed E-state index contributed by atoms with van der Waals surface area (Å²) in [6.07, 6.45) is 1.67. The molecule has 0 saturated carbocycles. The lowest BCUT2D eigenvalue weighted by Gasteiger charge is -2.09. The molecule has 8 heteroatoms. The number of nitrogens with one attached hydrogen (secondary N) is 1. The molecule has 1 aromatic heterocycles. The number of nitro groups is 1. The van der Waals surface area contributed by atoms with E-state index in [1.165, 1.54) is 12.1 Å². The predicted molar refractivity (Wildman–Crippen MR) is 75.9 cm³/mol. The molecule has 112 valence electrons. The molecular formula is C13H17N5O3. The minimum atomic E-state index is -0.420. The summed E-state index contributed by atoms with van der Waals surface area (Å²) in [6.45, 7) is 3.78. The first-order valence-electron chi connectivity index (χ1n) is 6.54. The van der Waals surface area contributed by atoms with Crippen molar-refractivity contribution in [1.82, 2.24) is 20.1 Å². The van der Waals surface area contributed by atoms with E-state index in [9.17, 15) is 10.1 Å². The second-order valence-electron chi connectivity index (χ2n) is 4.39. The van der Waals surface area contributed by atoms with E-state index in [0.29, 0.717) is 18.8 Å². The van der Waals surface area contributed by atoms with Crippen LogP contribution in [0.5, 0.6) is 5.75 Å². The zero-order valence-electron chi connectivity index (χ0n) is 11.9. The van der Waals surface area contributed by atoms with Crippen LogP contribution in [0.15, 0.2) is 24.5 Å². The number of aromatic nitrogens is 3. The van der Waals surface area contributed by atoms with E-state index in [-0.39, 0.29) is 5.69 Å². The quantitative estimate of drug-likeness (QED) is 0.613. The van der Waals surface area contributed by atoms with E-state index in [0.717, 1.165) is 17.9 Å². The van der Waals surface area contributed by atoms with E-state index in [1.807, 2.05) is 11.5 Å². The fourth-order valence-electron chi connectivity index (χ4n) is 2.01. The van der Waals surface area contributed by atoms with Gasteiger partial charge < -0.3 is 14.6 Å². The van der Waals surface area contributed by atoms with Crippen LogP contribution in [0.1, 0.15) is 18.3 Å². The summed E-state index contributed by atoms with van der Waals surface area (Å²) in [6, 6.07) is 4.54. The highest BCUT2D eigenvalue weighted by atomic mass is 16.6. The number of nitro benzene ring substituents is 1. The van der Waals surface area contributed by atoms with Gasteiger partial charge in [0.05, 0.1) is 18.6 Å². The van der Waals surface area contributed by atoms with Crippen LogP contribution < -0.4 is 10.1 Å². The Bertz CT molecular complexity index is 626. The number of nitrogens with zero attached hydrogens (tertiary/aromatic N) is 4. The summed E-state index contributed by atoms with van der Waals surface area (Å²) >= 11 is 0. The standard InChI is InChI=1S/C13H17N5O3/c1-3-17-9-15-16-13(17)8-14-7-10-6-11(18(19)20)4-5-12(10)21-2/h4-6,9,14H,3,7-8H2,1-2H3. The molecule has 0 aliphatic rings. The molecule has 21 heavy (non-hydrogen) atoms. The topological polar surface area (TPSA) is 95.1 Å². The van der Waals surface area contributed by atoms with E-state index >= 15 is 0 Å². The van der Waals surface area contributed by atoms with Crippen molar-refractivity contribution in [3.63, 3.8) is 0 Å². The van der Waals surface area contributed by atoms with Gasteiger partial charge in [-0.25, -0.2) is 0 Å². The molecule has 0 saturated heterocycles. The third kappa shape index (κ3) is 3.54. The first kappa shape index (κ1) is 14.9. The van der Waals surface area contributed by atoms with Crippen LogP contribution in [-0.4, -0.2) is 26.8 Å². The molecule has 0 atom stereocenters. The molecule has 1 aromatic carbocycles. The monoisotopic (exact) mass is 291 g/mol. The Labute approximate surface area is 121 Å². The lowest BCUT2D eigenvalue weighted by molar-refractivity contribution is -0.384. The Morgan fingerprint density at radius 2 is 2.24 bits per heavy atom. The molecule has 1 heterocycles. The number of rotatable bonds is 7. The number of benzene rings is 1. The number of aryl methyl sites for hydroxylation is 1. The maximum Gasteiger partial charge on any atom is 0.270 e. The zero-order chi connectivity index (χ0) is 15.2. The van der Waals surface area contributed by atoms with Gasteiger partial charge in [-0.2, -0.15) is 0 Å². The Morgan fingerprint density at radius 1 is 1.43 bits per heavy atom. The third-order valence-electron chi connectivity index (χ3n) is 3.11. The molecule has 0 fully saturated rings. The first-order valence-corrected chi connectivity index (χ1v) is 6.54. The minimum absolute atomic E-state index is 0.0457. The highest BCUT2D eigenvalue weighted by Gasteiger charge is 2.11. The summed E-state index contributed by atoms with van der Waals surface area (Å²) in [5, 5.41) is 21.9. The predicted octanol–water partition coefficient (Wildman–Crippen LogP) is 1.50. The normalized spacial score (nSPS) is 10.6. The minimum Gasteiger partial charge on any atom is -0.496 e. The molecule has 0 aliphatic heterocycles. The van der Waals surface area contributed by atoms with Gasteiger partial charge in [-0.1, -0.05) is 0 Å². The van der Waals surface area contributed by atoms with Crippen molar-refractivity contribution in [3.8, 4) is 5.75 Å². The Balaban J connectivity index is 2.05. The molecule has 0 unspecified atom stereocenters. The van der Waals surface area contributed by atoms with Gasteiger partial charge in [0.25, 0.3) is 5.69 Å².